The lowest BCUT2D eigenvalue weighted by molar-refractivity contribution is 0.0868. The Bertz CT molecular complexity index is 654. The summed E-state index contributed by atoms with van der Waals surface area (Å²) in [6.45, 7) is 0.899. The van der Waals surface area contributed by atoms with Crippen LogP contribution in [0.25, 0.3) is 0 Å². The third kappa shape index (κ3) is 2.71. The Balaban J connectivity index is 1.88. The molecule has 1 aliphatic heterocycles. The maximum atomic E-state index is 13.1. The van der Waals surface area contributed by atoms with Gasteiger partial charge < -0.3 is 15.0 Å². The van der Waals surface area contributed by atoms with E-state index < -0.39 is 11.4 Å². The van der Waals surface area contributed by atoms with Crippen molar-refractivity contribution in [2.45, 2.75) is 12.0 Å². The summed E-state index contributed by atoms with van der Waals surface area (Å²) in [5.74, 6) is -0.0428. The number of nitrogens with zero attached hydrogens (tertiary/aromatic N) is 1. The second-order valence-electron chi connectivity index (χ2n) is 4.90. The molecule has 1 aliphatic rings. The average molecular weight is 354 g/mol. The molecule has 0 saturated carbocycles. The highest BCUT2D eigenvalue weighted by Gasteiger charge is 2.40. The molecule has 1 aromatic heterocycles. The molecule has 1 atom stereocenters. The monoisotopic (exact) mass is 353 g/mol. The van der Waals surface area contributed by atoms with Crippen molar-refractivity contribution >= 4 is 21.8 Å². The largest absolute Gasteiger partial charge is 0.378 e. The Morgan fingerprint density at radius 1 is 1.52 bits per heavy atom. The van der Waals surface area contributed by atoms with Crippen LogP contribution >= 0.6 is 15.9 Å². The molecule has 1 fully saturated rings. The Hall–Kier alpha value is -1.73. The van der Waals surface area contributed by atoms with Crippen LogP contribution in [0.4, 0.5) is 4.39 Å². The Kier molecular flexibility index (Phi) is 3.77. The molecule has 7 heteroatoms. The van der Waals surface area contributed by atoms with Gasteiger partial charge >= 0.3 is 0 Å². The number of hydrogen-bond acceptors (Lipinski definition) is 3. The van der Waals surface area contributed by atoms with E-state index in [1.807, 2.05) is 0 Å². The van der Waals surface area contributed by atoms with E-state index in [1.165, 1.54) is 18.2 Å². The molecule has 1 amide bonds. The summed E-state index contributed by atoms with van der Waals surface area (Å²) >= 11 is 3.21. The van der Waals surface area contributed by atoms with Gasteiger partial charge in [0.15, 0.2) is 0 Å². The highest BCUT2D eigenvalue weighted by molar-refractivity contribution is 9.10. The molecule has 2 aromatic rings. The third-order valence-electron chi connectivity index (χ3n) is 3.50. The molecule has 0 radical (unpaired) electrons. The number of nitrogens with one attached hydrogen (secondary N) is 2. The van der Waals surface area contributed by atoms with Crippen molar-refractivity contribution in [2.75, 3.05) is 13.2 Å². The van der Waals surface area contributed by atoms with Crippen molar-refractivity contribution in [1.82, 2.24) is 15.3 Å². The molecule has 2 N–H and O–H groups in total. The first-order chi connectivity index (χ1) is 10.1. The van der Waals surface area contributed by atoms with Crippen molar-refractivity contribution in [2.24, 2.45) is 0 Å². The van der Waals surface area contributed by atoms with E-state index in [-0.39, 0.29) is 5.91 Å². The number of ether oxygens (including phenoxy) is 1. The number of rotatable bonds is 3. The molecule has 1 aromatic carbocycles. The molecular weight excluding hydrogens is 341 g/mol. The van der Waals surface area contributed by atoms with Gasteiger partial charge in [0.25, 0.3) is 5.91 Å². The van der Waals surface area contributed by atoms with Crippen molar-refractivity contribution in [1.29, 1.82) is 0 Å². The Morgan fingerprint density at radius 2 is 2.38 bits per heavy atom. The predicted molar refractivity (Wildman–Crippen MR) is 77.3 cm³/mol. The van der Waals surface area contributed by atoms with Crippen LogP contribution in [0.1, 0.15) is 22.6 Å². The number of benzene rings is 1. The molecule has 2 heterocycles. The zero-order valence-corrected chi connectivity index (χ0v) is 12.6. The number of aromatic amines is 1. The summed E-state index contributed by atoms with van der Waals surface area (Å²) in [6.07, 6.45) is 3.97. The standard InChI is InChI=1S/C14H13BrFN3O2/c15-11-7-9(16)1-2-10(11)12(20)19-14(3-6-21-8-14)13-17-4-5-18-13/h1-2,4-5,7H,3,6,8H2,(H,17,18)(H,19,20). The maximum Gasteiger partial charge on any atom is 0.253 e. The van der Waals surface area contributed by atoms with E-state index >= 15 is 0 Å². The highest BCUT2D eigenvalue weighted by Crippen LogP contribution is 2.29. The molecule has 110 valence electrons. The third-order valence-corrected chi connectivity index (χ3v) is 4.16. The molecule has 21 heavy (non-hydrogen) atoms. The Morgan fingerprint density at radius 3 is 3.00 bits per heavy atom. The van der Waals surface area contributed by atoms with Gasteiger partial charge in [-0.3, -0.25) is 4.79 Å². The minimum absolute atomic E-state index is 0.302. The first kappa shape index (κ1) is 14.2. The SMILES string of the molecule is O=C(NC1(c2ncc[nH]2)CCOC1)c1ccc(F)cc1Br. The number of amides is 1. The summed E-state index contributed by atoms with van der Waals surface area (Å²) < 4.78 is 19.0. The van der Waals surface area contributed by atoms with Crippen LogP contribution in [0.2, 0.25) is 0 Å². The van der Waals surface area contributed by atoms with Crippen LogP contribution < -0.4 is 5.32 Å². The first-order valence-corrected chi connectivity index (χ1v) is 7.25. The number of H-pyrrole nitrogens is 1. The van der Waals surface area contributed by atoms with Gasteiger partial charge in [0.1, 0.15) is 17.2 Å². The van der Waals surface area contributed by atoms with Crippen LogP contribution in [-0.4, -0.2) is 29.1 Å². The van der Waals surface area contributed by atoms with E-state index in [2.05, 4.69) is 31.2 Å². The van der Waals surface area contributed by atoms with E-state index in [0.717, 1.165) is 0 Å². The van der Waals surface area contributed by atoms with Gasteiger partial charge in [0.2, 0.25) is 0 Å². The average Bonchev–Trinajstić information content (AvgIpc) is 3.09. The molecule has 1 unspecified atom stereocenters. The number of carbonyl (C=O) groups excluding carboxylic acids is 1. The fourth-order valence-corrected chi connectivity index (χ4v) is 2.93. The van der Waals surface area contributed by atoms with Gasteiger partial charge in [-0.2, -0.15) is 0 Å². The molecule has 3 rings (SSSR count). The van der Waals surface area contributed by atoms with Crippen LogP contribution in [0, 0.1) is 5.82 Å². The van der Waals surface area contributed by atoms with Gasteiger partial charge in [0, 0.05) is 29.9 Å². The van der Waals surface area contributed by atoms with Crippen LogP contribution in [-0.2, 0) is 10.3 Å². The number of hydrogen-bond donors (Lipinski definition) is 2. The van der Waals surface area contributed by atoms with Crippen molar-refractivity contribution in [3.63, 3.8) is 0 Å². The number of carbonyl (C=O) groups is 1. The second kappa shape index (κ2) is 5.57. The molecule has 0 aliphatic carbocycles. The van der Waals surface area contributed by atoms with Crippen LogP contribution in [0.5, 0.6) is 0 Å². The maximum absolute atomic E-state index is 13.1. The topological polar surface area (TPSA) is 67.0 Å². The summed E-state index contributed by atoms with van der Waals surface area (Å²) in [5.41, 5.74) is -0.303. The zero-order valence-electron chi connectivity index (χ0n) is 11.0. The quantitative estimate of drug-likeness (QED) is 0.889. The molecule has 5 nitrogen and oxygen atoms in total. The minimum atomic E-state index is -0.672. The van der Waals surface area contributed by atoms with Crippen molar-refractivity contribution in [3.8, 4) is 0 Å². The lowest BCUT2D eigenvalue weighted by atomic mass is 9.97. The fraction of sp³-hybridized carbons (Fsp3) is 0.286. The summed E-state index contributed by atoms with van der Waals surface area (Å²) in [7, 11) is 0. The zero-order chi connectivity index (χ0) is 14.9. The molecule has 1 saturated heterocycles. The van der Waals surface area contributed by atoms with E-state index in [4.69, 9.17) is 4.74 Å². The van der Waals surface area contributed by atoms with Gasteiger partial charge in [-0.15, -0.1) is 0 Å². The van der Waals surface area contributed by atoms with Gasteiger partial charge in [-0.1, -0.05) is 0 Å². The molecular formula is C14H13BrFN3O2. The minimum Gasteiger partial charge on any atom is -0.378 e. The van der Waals surface area contributed by atoms with Crippen molar-refractivity contribution < 1.29 is 13.9 Å². The van der Waals surface area contributed by atoms with Crippen molar-refractivity contribution in [3.05, 3.63) is 52.3 Å². The van der Waals surface area contributed by atoms with Gasteiger partial charge in [0.05, 0.1) is 12.2 Å². The lowest BCUT2D eigenvalue weighted by Crippen LogP contribution is -2.47. The number of imidazole rings is 1. The van der Waals surface area contributed by atoms with Crippen LogP contribution in [0.15, 0.2) is 35.1 Å². The second-order valence-corrected chi connectivity index (χ2v) is 5.76. The van der Waals surface area contributed by atoms with E-state index in [9.17, 15) is 9.18 Å². The fourth-order valence-electron chi connectivity index (χ4n) is 2.39. The van der Waals surface area contributed by atoms with Gasteiger partial charge in [-0.05, 0) is 34.1 Å². The van der Waals surface area contributed by atoms with Crippen LogP contribution in [0.3, 0.4) is 0 Å². The predicted octanol–water partition coefficient (Wildman–Crippen LogP) is 2.36. The number of halogens is 2. The molecule has 0 spiro atoms. The smallest absolute Gasteiger partial charge is 0.253 e. The Labute approximate surface area is 129 Å². The van der Waals surface area contributed by atoms with Gasteiger partial charge in [-0.25, -0.2) is 9.37 Å². The number of aromatic nitrogens is 2. The molecule has 0 bridgehead atoms. The summed E-state index contributed by atoms with van der Waals surface area (Å²) in [6, 6.07) is 3.96. The highest BCUT2D eigenvalue weighted by atomic mass is 79.9. The van der Waals surface area contributed by atoms with E-state index in [1.54, 1.807) is 12.4 Å². The first-order valence-electron chi connectivity index (χ1n) is 6.46. The lowest BCUT2D eigenvalue weighted by Gasteiger charge is -2.26. The summed E-state index contributed by atoms with van der Waals surface area (Å²) in [4.78, 5) is 19.7. The van der Waals surface area contributed by atoms with E-state index in [0.29, 0.717) is 35.5 Å². The normalized spacial score (nSPS) is 21.4. The summed E-state index contributed by atoms with van der Waals surface area (Å²) in [5, 5.41) is 2.96.